The molecule has 1 aliphatic heterocycles. The molecular weight excluding hydrogens is 385 g/mol. The number of halogens is 3. The number of carbonyl (C=O) groups is 1. The summed E-state index contributed by atoms with van der Waals surface area (Å²) in [7, 11) is 0. The number of nitrogens with zero attached hydrogens (tertiary/aromatic N) is 2. The number of rotatable bonds is 7. The van der Waals surface area contributed by atoms with Crippen LogP contribution in [0.5, 0.6) is 5.75 Å². The van der Waals surface area contributed by atoms with Gasteiger partial charge in [-0.2, -0.15) is 13.2 Å². The quantitative estimate of drug-likeness (QED) is 0.754. The molecule has 0 radical (unpaired) electrons. The molecular formula is C21H23F3N2O3. The Morgan fingerprint density at radius 2 is 1.59 bits per heavy atom. The summed E-state index contributed by atoms with van der Waals surface area (Å²) in [4.78, 5) is 15.0. The molecule has 0 atom stereocenters. The van der Waals surface area contributed by atoms with E-state index in [9.17, 15) is 18.0 Å². The highest BCUT2D eigenvalue weighted by Gasteiger charge is 2.29. The van der Waals surface area contributed by atoms with Gasteiger partial charge in [0.15, 0.2) is 0 Å². The molecule has 29 heavy (non-hydrogen) atoms. The number of piperazine rings is 1. The summed E-state index contributed by atoms with van der Waals surface area (Å²) in [5.74, 6) is -0.131. The third-order valence-electron chi connectivity index (χ3n) is 4.90. The Morgan fingerprint density at radius 1 is 0.966 bits per heavy atom. The van der Waals surface area contributed by atoms with Gasteiger partial charge in [0.1, 0.15) is 12.4 Å². The Morgan fingerprint density at radius 3 is 2.14 bits per heavy atom. The van der Waals surface area contributed by atoms with Crippen LogP contribution >= 0.6 is 0 Å². The summed E-state index contributed by atoms with van der Waals surface area (Å²) < 4.78 is 43.4. The zero-order valence-electron chi connectivity index (χ0n) is 15.9. The summed E-state index contributed by atoms with van der Waals surface area (Å²) in [6.45, 7) is 4.05. The topological polar surface area (TPSA) is 53.0 Å². The normalized spacial score (nSPS) is 15.3. The third-order valence-corrected chi connectivity index (χ3v) is 4.90. The van der Waals surface area contributed by atoms with E-state index in [0.717, 1.165) is 44.0 Å². The van der Waals surface area contributed by atoms with Crippen LogP contribution in [-0.4, -0.2) is 48.7 Å². The van der Waals surface area contributed by atoms with Crippen molar-refractivity contribution in [1.82, 2.24) is 4.90 Å². The Bertz CT molecular complexity index is 799. The minimum Gasteiger partial charge on any atom is -0.489 e. The summed E-state index contributed by atoms with van der Waals surface area (Å²) >= 11 is 0. The average molecular weight is 408 g/mol. The molecule has 1 saturated heterocycles. The van der Waals surface area contributed by atoms with Crippen LogP contribution in [0.25, 0.3) is 0 Å². The Kier molecular flexibility index (Phi) is 6.64. The lowest BCUT2D eigenvalue weighted by Gasteiger charge is -2.35. The van der Waals surface area contributed by atoms with E-state index < -0.39 is 17.7 Å². The number of carboxylic acid groups (broad SMARTS) is 1. The van der Waals surface area contributed by atoms with Crippen molar-refractivity contribution in [3.8, 4) is 5.75 Å². The van der Waals surface area contributed by atoms with E-state index in [1.807, 2.05) is 24.3 Å². The van der Waals surface area contributed by atoms with Crippen molar-refractivity contribution < 1.29 is 27.8 Å². The van der Waals surface area contributed by atoms with Gasteiger partial charge in [-0.15, -0.1) is 0 Å². The molecule has 2 aromatic carbocycles. The number of alkyl halides is 3. The Balaban J connectivity index is 1.47. The van der Waals surface area contributed by atoms with Gasteiger partial charge in [-0.3, -0.25) is 9.69 Å². The molecule has 8 heteroatoms. The fraction of sp³-hybridized carbons (Fsp3) is 0.381. The van der Waals surface area contributed by atoms with E-state index in [4.69, 9.17) is 9.84 Å². The van der Waals surface area contributed by atoms with Gasteiger partial charge in [0.25, 0.3) is 0 Å². The van der Waals surface area contributed by atoms with Crippen molar-refractivity contribution in [3.05, 3.63) is 59.7 Å². The van der Waals surface area contributed by atoms with E-state index in [1.165, 1.54) is 12.1 Å². The van der Waals surface area contributed by atoms with E-state index in [0.29, 0.717) is 17.9 Å². The largest absolute Gasteiger partial charge is 0.489 e. The number of aliphatic carboxylic acids is 1. The molecule has 3 rings (SSSR count). The van der Waals surface area contributed by atoms with Crippen molar-refractivity contribution in [2.45, 2.75) is 19.2 Å². The maximum atomic E-state index is 12.6. The molecule has 1 N–H and O–H groups in total. The number of carboxylic acids is 1. The van der Waals surface area contributed by atoms with E-state index in [1.54, 1.807) is 0 Å². The maximum Gasteiger partial charge on any atom is 0.416 e. The predicted molar refractivity (Wildman–Crippen MR) is 103 cm³/mol. The molecule has 0 aromatic heterocycles. The van der Waals surface area contributed by atoms with E-state index in [2.05, 4.69) is 9.80 Å². The first kappa shape index (κ1) is 21.0. The van der Waals surface area contributed by atoms with Gasteiger partial charge in [0, 0.05) is 38.4 Å². The maximum absolute atomic E-state index is 12.6. The second-order valence-electron chi connectivity index (χ2n) is 6.95. The van der Waals surface area contributed by atoms with Gasteiger partial charge < -0.3 is 14.7 Å². The molecule has 0 amide bonds. The van der Waals surface area contributed by atoms with Crippen molar-refractivity contribution in [2.75, 3.05) is 37.6 Å². The summed E-state index contributed by atoms with van der Waals surface area (Å²) in [5.41, 5.74) is 1.05. The zero-order chi connectivity index (χ0) is 20.9. The molecule has 5 nitrogen and oxygen atoms in total. The summed E-state index contributed by atoms with van der Waals surface area (Å²) in [6.07, 6.45) is -4.18. The molecule has 2 aromatic rings. The fourth-order valence-corrected chi connectivity index (χ4v) is 3.19. The van der Waals surface area contributed by atoms with Crippen LogP contribution in [0.15, 0.2) is 48.5 Å². The van der Waals surface area contributed by atoms with Crippen LogP contribution in [0, 0.1) is 0 Å². The molecule has 1 heterocycles. The highest BCUT2D eigenvalue weighted by molar-refractivity contribution is 5.66. The third kappa shape index (κ3) is 6.12. The minimum atomic E-state index is -4.34. The van der Waals surface area contributed by atoms with Crippen LogP contribution in [0.2, 0.25) is 0 Å². The molecule has 0 unspecified atom stereocenters. The van der Waals surface area contributed by atoms with Gasteiger partial charge in [0.2, 0.25) is 0 Å². The standard InChI is InChI=1S/C21H23F3N2O3/c22-21(23,24)17-3-1-16(2-4-17)15-29-19-7-5-18(6-8-19)26-13-11-25(12-14-26)10-9-20(27)28/h1-8H,9-15H2,(H,27,28). The van der Waals surface area contributed by atoms with Gasteiger partial charge in [-0.25, -0.2) is 0 Å². The first-order chi connectivity index (χ1) is 13.8. The zero-order valence-corrected chi connectivity index (χ0v) is 15.9. The predicted octanol–water partition coefficient (Wildman–Crippen LogP) is 3.88. The van der Waals surface area contributed by atoms with Crippen LogP contribution in [0.1, 0.15) is 17.5 Å². The van der Waals surface area contributed by atoms with Crippen molar-refractivity contribution in [1.29, 1.82) is 0 Å². The number of hydrogen-bond acceptors (Lipinski definition) is 4. The van der Waals surface area contributed by atoms with E-state index in [-0.39, 0.29) is 13.0 Å². The summed E-state index contributed by atoms with van der Waals surface area (Å²) in [5, 5.41) is 8.77. The monoisotopic (exact) mass is 408 g/mol. The smallest absolute Gasteiger partial charge is 0.416 e. The first-order valence-electron chi connectivity index (χ1n) is 9.39. The van der Waals surface area contributed by atoms with Gasteiger partial charge in [0.05, 0.1) is 12.0 Å². The SMILES string of the molecule is O=C(O)CCN1CCN(c2ccc(OCc3ccc(C(F)(F)F)cc3)cc2)CC1. The molecule has 0 saturated carbocycles. The summed E-state index contributed by atoms with van der Waals surface area (Å²) in [6, 6.07) is 12.5. The minimum absolute atomic E-state index is 0.158. The first-order valence-corrected chi connectivity index (χ1v) is 9.39. The average Bonchev–Trinajstić information content (AvgIpc) is 2.71. The fourth-order valence-electron chi connectivity index (χ4n) is 3.19. The number of hydrogen-bond donors (Lipinski definition) is 1. The van der Waals surface area contributed by atoms with Crippen molar-refractivity contribution >= 4 is 11.7 Å². The Hall–Kier alpha value is -2.74. The number of anilines is 1. The van der Waals surface area contributed by atoms with E-state index >= 15 is 0 Å². The van der Waals surface area contributed by atoms with Gasteiger partial charge in [-0.05, 0) is 42.0 Å². The van der Waals surface area contributed by atoms with Crippen LogP contribution in [-0.2, 0) is 17.6 Å². The second-order valence-corrected chi connectivity index (χ2v) is 6.95. The highest BCUT2D eigenvalue weighted by atomic mass is 19.4. The van der Waals surface area contributed by atoms with Crippen LogP contribution < -0.4 is 9.64 Å². The lowest BCUT2D eigenvalue weighted by Crippen LogP contribution is -2.46. The number of ether oxygens (including phenoxy) is 1. The van der Waals surface area contributed by atoms with Crippen LogP contribution in [0.4, 0.5) is 18.9 Å². The lowest BCUT2D eigenvalue weighted by molar-refractivity contribution is -0.138. The molecule has 1 fully saturated rings. The van der Waals surface area contributed by atoms with Crippen molar-refractivity contribution in [3.63, 3.8) is 0 Å². The van der Waals surface area contributed by atoms with Gasteiger partial charge in [-0.1, -0.05) is 12.1 Å². The van der Waals surface area contributed by atoms with Gasteiger partial charge >= 0.3 is 12.1 Å². The Labute approximate surface area is 167 Å². The molecule has 0 spiro atoms. The van der Waals surface area contributed by atoms with Crippen molar-refractivity contribution in [2.24, 2.45) is 0 Å². The molecule has 156 valence electrons. The highest BCUT2D eigenvalue weighted by Crippen LogP contribution is 2.29. The lowest BCUT2D eigenvalue weighted by atomic mass is 10.1. The molecule has 0 bridgehead atoms. The molecule has 0 aliphatic carbocycles. The molecule has 1 aliphatic rings. The van der Waals surface area contributed by atoms with Crippen LogP contribution in [0.3, 0.4) is 0 Å². The number of benzene rings is 2. The second kappa shape index (κ2) is 9.17.